The van der Waals surface area contributed by atoms with Gasteiger partial charge in [-0.05, 0) is 31.1 Å². The van der Waals surface area contributed by atoms with E-state index in [-0.39, 0.29) is 54.1 Å². The van der Waals surface area contributed by atoms with Crippen LogP contribution in [0.2, 0.25) is 0 Å². The fourth-order valence-corrected chi connectivity index (χ4v) is 4.95. The summed E-state index contributed by atoms with van der Waals surface area (Å²) in [4.78, 5) is 38.3. The van der Waals surface area contributed by atoms with Gasteiger partial charge in [0, 0.05) is 19.1 Å². The maximum absolute atomic E-state index is 12.5. The van der Waals surface area contributed by atoms with Gasteiger partial charge in [-0.2, -0.15) is 0 Å². The zero-order valence-electron chi connectivity index (χ0n) is 13.9. The number of imide groups is 1. The third-order valence-corrected chi connectivity index (χ3v) is 6.12. The molecule has 24 heavy (non-hydrogen) atoms. The molecule has 2 N–H and O–H groups in total. The molecule has 1 aliphatic heterocycles. The average molecular weight is 331 g/mol. The Labute approximate surface area is 142 Å². The summed E-state index contributed by atoms with van der Waals surface area (Å²) in [6, 6.07) is 0.0674. The van der Waals surface area contributed by atoms with Gasteiger partial charge < -0.3 is 10.6 Å². The largest absolute Gasteiger partial charge is 0.336 e. The molecule has 0 aromatic heterocycles. The lowest BCUT2D eigenvalue weighted by Crippen LogP contribution is -2.46. The summed E-state index contributed by atoms with van der Waals surface area (Å²) in [5.41, 5.74) is 0. The molecule has 4 amide bonds. The van der Waals surface area contributed by atoms with Crippen LogP contribution in [0.25, 0.3) is 0 Å². The molecule has 6 nitrogen and oxygen atoms in total. The highest BCUT2D eigenvalue weighted by Crippen LogP contribution is 2.52. The fraction of sp³-hybridized carbons (Fsp3) is 0.722. The fourth-order valence-electron chi connectivity index (χ4n) is 4.95. The van der Waals surface area contributed by atoms with Crippen LogP contribution in [0.5, 0.6) is 0 Å². The van der Waals surface area contributed by atoms with Crippen LogP contribution >= 0.6 is 0 Å². The van der Waals surface area contributed by atoms with Crippen LogP contribution in [0.1, 0.15) is 38.5 Å². The van der Waals surface area contributed by atoms with Gasteiger partial charge in [0.15, 0.2) is 0 Å². The Hall–Kier alpha value is -1.85. The third-order valence-electron chi connectivity index (χ3n) is 6.12. The van der Waals surface area contributed by atoms with Gasteiger partial charge in [-0.15, -0.1) is 0 Å². The van der Waals surface area contributed by atoms with E-state index in [0.717, 1.165) is 19.3 Å². The number of hydrogen-bond donors (Lipinski definition) is 2. The van der Waals surface area contributed by atoms with Gasteiger partial charge in [0.1, 0.15) is 0 Å². The van der Waals surface area contributed by atoms with Crippen LogP contribution in [0, 0.1) is 23.7 Å². The highest BCUT2D eigenvalue weighted by atomic mass is 16.2. The van der Waals surface area contributed by atoms with Crippen molar-refractivity contribution in [1.82, 2.24) is 15.5 Å². The molecule has 0 radical (unpaired) electrons. The highest BCUT2D eigenvalue weighted by Gasteiger charge is 2.58. The Bertz CT molecular complexity index is 552. The molecule has 6 heteroatoms. The second-order valence-electron chi connectivity index (χ2n) is 7.56. The van der Waals surface area contributed by atoms with Crippen molar-refractivity contribution in [3.05, 3.63) is 12.2 Å². The van der Waals surface area contributed by atoms with Crippen LogP contribution in [-0.2, 0) is 9.59 Å². The molecule has 0 aromatic carbocycles. The molecule has 1 saturated heterocycles. The highest BCUT2D eigenvalue weighted by molar-refractivity contribution is 6.06. The Morgan fingerprint density at radius 1 is 1.04 bits per heavy atom. The lowest BCUT2D eigenvalue weighted by Gasteiger charge is -2.23. The minimum Gasteiger partial charge on any atom is -0.336 e. The SMILES string of the molecule is O=C(NCCN1C(=O)[C@@H]2[C@@H](C1=O)[C@H]1C=C[C@H]2C1)NC1CCCCC1. The minimum absolute atomic E-state index is 0.0451. The predicted molar refractivity (Wildman–Crippen MR) is 87.8 cm³/mol. The van der Waals surface area contributed by atoms with E-state index < -0.39 is 0 Å². The van der Waals surface area contributed by atoms with Crippen LogP contribution < -0.4 is 10.6 Å². The quantitative estimate of drug-likeness (QED) is 0.604. The number of carbonyl (C=O) groups is 3. The summed E-state index contributed by atoms with van der Waals surface area (Å²) < 4.78 is 0. The Kier molecular flexibility index (Phi) is 4.06. The molecular formula is C18H25N3O3. The van der Waals surface area contributed by atoms with E-state index in [1.807, 2.05) is 0 Å². The lowest BCUT2D eigenvalue weighted by atomic mass is 9.85. The number of nitrogens with zero attached hydrogens (tertiary/aromatic N) is 1. The van der Waals surface area contributed by atoms with Crippen molar-refractivity contribution >= 4 is 17.8 Å². The molecule has 130 valence electrons. The number of allylic oxidation sites excluding steroid dienone is 2. The first-order valence-electron chi connectivity index (χ1n) is 9.23. The maximum atomic E-state index is 12.5. The first-order chi connectivity index (χ1) is 11.6. The predicted octanol–water partition coefficient (Wildman–Crippen LogP) is 1.43. The third kappa shape index (κ3) is 2.62. The van der Waals surface area contributed by atoms with Crippen LogP contribution in [0.15, 0.2) is 12.2 Å². The molecule has 0 spiro atoms. The van der Waals surface area contributed by atoms with Gasteiger partial charge in [0.25, 0.3) is 0 Å². The smallest absolute Gasteiger partial charge is 0.315 e. The van der Waals surface area contributed by atoms with Crippen LogP contribution in [0.4, 0.5) is 4.79 Å². The molecule has 2 bridgehead atoms. The zero-order chi connectivity index (χ0) is 16.7. The van der Waals surface area contributed by atoms with Gasteiger partial charge in [-0.3, -0.25) is 14.5 Å². The summed E-state index contributed by atoms with van der Waals surface area (Å²) in [7, 11) is 0. The van der Waals surface area contributed by atoms with Gasteiger partial charge in [-0.1, -0.05) is 31.4 Å². The van der Waals surface area contributed by atoms with E-state index in [1.165, 1.54) is 24.2 Å². The van der Waals surface area contributed by atoms with E-state index >= 15 is 0 Å². The normalized spacial score (nSPS) is 34.8. The number of amides is 4. The van der Waals surface area contributed by atoms with Crippen molar-refractivity contribution in [2.45, 2.75) is 44.6 Å². The first-order valence-corrected chi connectivity index (χ1v) is 9.23. The topological polar surface area (TPSA) is 78.5 Å². The van der Waals surface area contributed by atoms with Gasteiger partial charge >= 0.3 is 6.03 Å². The van der Waals surface area contributed by atoms with E-state index in [4.69, 9.17) is 0 Å². The Balaban J connectivity index is 1.25. The van der Waals surface area contributed by atoms with Crippen molar-refractivity contribution in [3.63, 3.8) is 0 Å². The molecule has 1 heterocycles. The number of urea groups is 1. The van der Waals surface area contributed by atoms with Crippen molar-refractivity contribution in [3.8, 4) is 0 Å². The standard InChI is InChI=1S/C18H25N3O3/c22-16-14-11-6-7-12(10-11)15(14)17(23)21(16)9-8-19-18(24)20-13-4-2-1-3-5-13/h6-7,11-15H,1-5,8-10H2,(H2,19,20,24)/t11-,12-,14-,15-/m0/s1. The van der Waals surface area contributed by atoms with Crippen LogP contribution in [-0.4, -0.2) is 41.9 Å². The van der Waals surface area contributed by atoms with Crippen LogP contribution in [0.3, 0.4) is 0 Å². The molecule has 4 rings (SSSR count). The molecular weight excluding hydrogens is 306 g/mol. The number of carbonyl (C=O) groups excluding carboxylic acids is 3. The van der Waals surface area contributed by atoms with Crippen molar-refractivity contribution in [2.75, 3.05) is 13.1 Å². The van der Waals surface area contributed by atoms with Crippen molar-refractivity contribution in [1.29, 1.82) is 0 Å². The summed E-state index contributed by atoms with van der Waals surface area (Å²) in [5.74, 6) is 0.0906. The summed E-state index contributed by atoms with van der Waals surface area (Å²) in [6.45, 7) is 0.598. The van der Waals surface area contributed by atoms with Crippen molar-refractivity contribution in [2.24, 2.45) is 23.7 Å². The summed E-state index contributed by atoms with van der Waals surface area (Å²) in [6.07, 6.45) is 10.8. The lowest BCUT2D eigenvalue weighted by molar-refractivity contribution is -0.140. The molecule has 0 unspecified atom stereocenters. The second kappa shape index (κ2) is 6.22. The van der Waals surface area contributed by atoms with Gasteiger partial charge in [0.2, 0.25) is 11.8 Å². The minimum atomic E-state index is -0.192. The Morgan fingerprint density at radius 3 is 2.29 bits per heavy atom. The van der Waals surface area contributed by atoms with E-state index in [1.54, 1.807) is 0 Å². The number of rotatable bonds is 4. The first kappa shape index (κ1) is 15.7. The molecule has 2 saturated carbocycles. The molecule has 3 aliphatic carbocycles. The second-order valence-corrected chi connectivity index (χ2v) is 7.56. The number of likely N-dealkylation sites (tertiary alicyclic amines) is 1. The zero-order valence-corrected chi connectivity index (χ0v) is 13.9. The maximum Gasteiger partial charge on any atom is 0.315 e. The van der Waals surface area contributed by atoms with Gasteiger partial charge in [-0.25, -0.2) is 4.79 Å². The van der Waals surface area contributed by atoms with E-state index in [0.29, 0.717) is 6.54 Å². The van der Waals surface area contributed by atoms with E-state index in [2.05, 4.69) is 22.8 Å². The number of hydrogen-bond acceptors (Lipinski definition) is 3. The average Bonchev–Trinajstić information content (AvgIpc) is 3.25. The van der Waals surface area contributed by atoms with Gasteiger partial charge in [0.05, 0.1) is 11.8 Å². The molecule has 0 aromatic rings. The summed E-state index contributed by atoms with van der Waals surface area (Å²) in [5, 5.41) is 5.77. The monoisotopic (exact) mass is 331 g/mol. The molecule has 4 aliphatic rings. The number of fused-ring (bicyclic) bond motifs is 5. The Morgan fingerprint density at radius 2 is 1.67 bits per heavy atom. The van der Waals surface area contributed by atoms with Crippen molar-refractivity contribution < 1.29 is 14.4 Å². The molecule has 3 fully saturated rings. The number of nitrogens with one attached hydrogen (secondary N) is 2. The molecule has 4 atom stereocenters. The summed E-state index contributed by atoms with van der Waals surface area (Å²) >= 11 is 0. The van der Waals surface area contributed by atoms with E-state index in [9.17, 15) is 14.4 Å².